The number of allylic oxidation sites excluding steroid dienone is 1. The number of tetrazole rings is 1. The summed E-state index contributed by atoms with van der Waals surface area (Å²) >= 11 is 0. The van der Waals surface area contributed by atoms with Crippen molar-refractivity contribution in [1.82, 2.24) is 30.8 Å². The summed E-state index contributed by atoms with van der Waals surface area (Å²) in [4.78, 5) is 26.5. The summed E-state index contributed by atoms with van der Waals surface area (Å²) in [5.74, 6) is -0.0594. The van der Waals surface area contributed by atoms with Gasteiger partial charge in [0, 0.05) is 5.56 Å². The molecule has 1 atom stereocenters. The van der Waals surface area contributed by atoms with Crippen molar-refractivity contribution in [3.05, 3.63) is 77.0 Å². The molecule has 2 aromatic carbocycles. The van der Waals surface area contributed by atoms with Crippen LogP contribution in [0.1, 0.15) is 24.1 Å². The Morgan fingerprint density at radius 2 is 1.87 bits per heavy atom. The van der Waals surface area contributed by atoms with E-state index in [2.05, 4.69) is 26.0 Å². The van der Waals surface area contributed by atoms with E-state index in [4.69, 9.17) is 4.74 Å². The van der Waals surface area contributed by atoms with Gasteiger partial charge in [-0.2, -0.15) is 4.80 Å². The number of aryl methyl sites for hydroxylation is 1. The lowest BCUT2D eigenvalue weighted by molar-refractivity contribution is -0.139. The summed E-state index contributed by atoms with van der Waals surface area (Å²) < 4.78 is 5.27. The van der Waals surface area contributed by atoms with Gasteiger partial charge >= 0.3 is 12.0 Å². The Morgan fingerprint density at radius 3 is 2.58 bits per heavy atom. The normalized spacial score (nSPS) is 15.9. The van der Waals surface area contributed by atoms with Gasteiger partial charge in [-0.05, 0) is 24.6 Å². The van der Waals surface area contributed by atoms with E-state index in [0.717, 1.165) is 16.7 Å². The minimum Gasteiger partial charge on any atom is -0.463 e. The SMILES string of the molecule is CCOC(=O)C1=C(Cn2nnc(-c3ccc(C)cc3)n2)NC(=O)N[C@H]1c1ccccc1. The molecule has 0 unspecified atom stereocenters. The monoisotopic (exact) mass is 418 g/mol. The molecule has 0 saturated carbocycles. The van der Waals surface area contributed by atoms with Crippen molar-refractivity contribution in [1.29, 1.82) is 0 Å². The van der Waals surface area contributed by atoms with Crippen LogP contribution in [-0.4, -0.2) is 38.8 Å². The first kappa shape index (κ1) is 20.3. The van der Waals surface area contributed by atoms with Gasteiger partial charge in [0.05, 0.1) is 23.9 Å². The summed E-state index contributed by atoms with van der Waals surface area (Å²) in [5.41, 5.74) is 3.40. The van der Waals surface area contributed by atoms with Crippen molar-refractivity contribution >= 4 is 12.0 Å². The predicted molar refractivity (Wildman–Crippen MR) is 112 cm³/mol. The Kier molecular flexibility index (Phi) is 5.74. The molecule has 9 nitrogen and oxygen atoms in total. The maximum absolute atomic E-state index is 12.8. The maximum atomic E-state index is 12.8. The second kappa shape index (κ2) is 8.78. The van der Waals surface area contributed by atoms with E-state index in [-0.39, 0.29) is 13.2 Å². The minimum atomic E-state index is -0.649. The van der Waals surface area contributed by atoms with E-state index in [1.807, 2.05) is 61.5 Å². The molecule has 2 amide bonds. The molecule has 3 aromatic rings. The Bertz CT molecular complexity index is 1120. The van der Waals surface area contributed by atoms with Gasteiger partial charge in [0.25, 0.3) is 0 Å². The number of ether oxygens (including phenoxy) is 1. The Morgan fingerprint density at radius 1 is 1.13 bits per heavy atom. The molecule has 1 aromatic heterocycles. The van der Waals surface area contributed by atoms with Gasteiger partial charge in [0.2, 0.25) is 5.82 Å². The fourth-order valence-corrected chi connectivity index (χ4v) is 3.36. The first-order valence-corrected chi connectivity index (χ1v) is 9.92. The van der Waals surface area contributed by atoms with Gasteiger partial charge in [-0.25, -0.2) is 9.59 Å². The molecule has 158 valence electrons. The van der Waals surface area contributed by atoms with Crippen LogP contribution in [0.5, 0.6) is 0 Å². The molecule has 0 radical (unpaired) electrons. The number of urea groups is 1. The zero-order valence-corrected chi connectivity index (χ0v) is 17.2. The standard InChI is InChI=1S/C22H22N6O3/c1-3-31-21(29)18-17(23-22(30)24-19(18)15-7-5-4-6-8-15)13-28-26-20(25-27-28)16-11-9-14(2)10-12-16/h4-12,19H,3,13H2,1-2H3,(H2,23,24,30)/t19-/m0/s1. The molecule has 1 aliphatic rings. The van der Waals surface area contributed by atoms with Crippen molar-refractivity contribution in [2.45, 2.75) is 26.4 Å². The van der Waals surface area contributed by atoms with Gasteiger partial charge in [-0.3, -0.25) is 0 Å². The van der Waals surface area contributed by atoms with E-state index in [1.165, 1.54) is 4.80 Å². The van der Waals surface area contributed by atoms with Gasteiger partial charge < -0.3 is 15.4 Å². The van der Waals surface area contributed by atoms with Crippen molar-refractivity contribution in [2.24, 2.45) is 0 Å². The van der Waals surface area contributed by atoms with Gasteiger partial charge in [0.1, 0.15) is 6.54 Å². The number of nitrogens with zero attached hydrogens (tertiary/aromatic N) is 4. The third-order valence-electron chi connectivity index (χ3n) is 4.84. The number of benzene rings is 2. The number of aromatic nitrogens is 4. The van der Waals surface area contributed by atoms with E-state index >= 15 is 0 Å². The number of amides is 2. The molecule has 0 bridgehead atoms. The third kappa shape index (κ3) is 4.45. The second-order valence-electron chi connectivity index (χ2n) is 7.06. The first-order chi connectivity index (χ1) is 15.0. The van der Waals surface area contributed by atoms with Crippen molar-refractivity contribution in [3.63, 3.8) is 0 Å². The second-order valence-corrected chi connectivity index (χ2v) is 7.06. The van der Waals surface area contributed by atoms with Crippen LogP contribution in [0.4, 0.5) is 4.79 Å². The maximum Gasteiger partial charge on any atom is 0.338 e. The lowest BCUT2D eigenvalue weighted by Gasteiger charge is -2.29. The van der Waals surface area contributed by atoms with Gasteiger partial charge in [-0.1, -0.05) is 60.2 Å². The van der Waals surface area contributed by atoms with Crippen LogP contribution in [0.3, 0.4) is 0 Å². The molecule has 1 aliphatic heterocycles. The number of esters is 1. The zero-order chi connectivity index (χ0) is 21.8. The van der Waals surface area contributed by atoms with Gasteiger partial charge in [0.15, 0.2) is 0 Å². The molecular formula is C22H22N6O3. The summed E-state index contributed by atoms with van der Waals surface area (Å²) in [6, 6.07) is 15.9. The predicted octanol–water partition coefficient (Wildman–Crippen LogP) is 2.52. The van der Waals surface area contributed by atoms with Crippen molar-refractivity contribution < 1.29 is 14.3 Å². The summed E-state index contributed by atoms with van der Waals surface area (Å²) in [5, 5.41) is 18.1. The number of hydrogen-bond donors (Lipinski definition) is 2. The quantitative estimate of drug-likeness (QED) is 0.595. The molecular weight excluding hydrogens is 396 g/mol. The van der Waals surface area contributed by atoms with Crippen LogP contribution in [0.15, 0.2) is 65.9 Å². The summed E-state index contributed by atoms with van der Waals surface area (Å²) in [6.45, 7) is 4.01. The average Bonchev–Trinajstić information content (AvgIpc) is 3.23. The third-order valence-corrected chi connectivity index (χ3v) is 4.84. The summed E-state index contributed by atoms with van der Waals surface area (Å²) in [6.07, 6.45) is 0. The van der Waals surface area contributed by atoms with Crippen LogP contribution in [0.25, 0.3) is 11.4 Å². The number of rotatable bonds is 6. The molecule has 0 saturated heterocycles. The van der Waals surface area contributed by atoms with Crippen LogP contribution in [0.2, 0.25) is 0 Å². The summed E-state index contributed by atoms with van der Waals surface area (Å²) in [7, 11) is 0. The van der Waals surface area contributed by atoms with Crippen molar-refractivity contribution in [2.75, 3.05) is 6.61 Å². The number of nitrogens with one attached hydrogen (secondary N) is 2. The van der Waals surface area contributed by atoms with Crippen LogP contribution in [0, 0.1) is 6.92 Å². The van der Waals surface area contributed by atoms with E-state index in [1.54, 1.807) is 6.92 Å². The fraction of sp³-hybridized carbons (Fsp3) is 0.227. The lowest BCUT2D eigenvalue weighted by atomic mass is 9.95. The first-order valence-electron chi connectivity index (χ1n) is 9.92. The highest BCUT2D eigenvalue weighted by atomic mass is 16.5. The topological polar surface area (TPSA) is 111 Å². The highest BCUT2D eigenvalue weighted by Gasteiger charge is 2.34. The zero-order valence-electron chi connectivity index (χ0n) is 17.2. The molecule has 0 spiro atoms. The van der Waals surface area contributed by atoms with Crippen LogP contribution >= 0.6 is 0 Å². The Hall–Kier alpha value is -4.01. The Balaban J connectivity index is 1.70. The number of carbonyl (C=O) groups is 2. The molecule has 0 fully saturated rings. The molecule has 4 rings (SSSR count). The molecule has 2 N–H and O–H groups in total. The van der Waals surface area contributed by atoms with E-state index in [9.17, 15) is 9.59 Å². The molecule has 2 heterocycles. The van der Waals surface area contributed by atoms with Crippen LogP contribution in [-0.2, 0) is 16.1 Å². The van der Waals surface area contributed by atoms with E-state index < -0.39 is 18.0 Å². The van der Waals surface area contributed by atoms with E-state index in [0.29, 0.717) is 17.1 Å². The average molecular weight is 418 g/mol. The lowest BCUT2D eigenvalue weighted by Crippen LogP contribution is -2.47. The fourth-order valence-electron chi connectivity index (χ4n) is 3.36. The Labute approximate surface area is 179 Å². The highest BCUT2D eigenvalue weighted by Crippen LogP contribution is 2.28. The minimum absolute atomic E-state index is 0.0593. The highest BCUT2D eigenvalue weighted by molar-refractivity contribution is 5.95. The molecule has 9 heteroatoms. The smallest absolute Gasteiger partial charge is 0.338 e. The molecule has 0 aliphatic carbocycles. The van der Waals surface area contributed by atoms with Crippen molar-refractivity contribution in [3.8, 4) is 11.4 Å². The largest absolute Gasteiger partial charge is 0.463 e. The van der Waals surface area contributed by atoms with Gasteiger partial charge in [-0.15, -0.1) is 10.2 Å². The number of carbonyl (C=O) groups excluding carboxylic acids is 2. The number of hydrogen-bond acceptors (Lipinski definition) is 6. The molecule has 31 heavy (non-hydrogen) atoms. The van der Waals surface area contributed by atoms with Crippen LogP contribution < -0.4 is 10.6 Å².